The highest BCUT2D eigenvalue weighted by Gasteiger charge is 2.19. The zero-order valence-corrected chi connectivity index (χ0v) is 18.4. The second-order valence-corrected chi connectivity index (χ2v) is 7.93. The number of nitrogens with zero attached hydrogens (tertiary/aromatic N) is 2. The molecule has 2 rings (SSSR count). The van der Waals surface area contributed by atoms with Gasteiger partial charge in [0.1, 0.15) is 6.54 Å². The summed E-state index contributed by atoms with van der Waals surface area (Å²) in [5.74, 6) is -0.443. The van der Waals surface area contributed by atoms with Crippen molar-refractivity contribution in [2.75, 3.05) is 32.1 Å². The molecule has 0 saturated heterocycles. The van der Waals surface area contributed by atoms with Crippen molar-refractivity contribution in [3.05, 3.63) is 46.5 Å². The molecule has 0 fully saturated rings. The van der Waals surface area contributed by atoms with E-state index >= 15 is 0 Å². The Morgan fingerprint density at radius 3 is 2.55 bits per heavy atom. The molecule has 1 heterocycles. The summed E-state index contributed by atoms with van der Waals surface area (Å²) in [6, 6.07) is 7.71. The Balaban J connectivity index is 1.96. The van der Waals surface area contributed by atoms with E-state index in [2.05, 4.69) is 17.2 Å². The van der Waals surface area contributed by atoms with Crippen molar-refractivity contribution in [1.29, 1.82) is 0 Å². The van der Waals surface area contributed by atoms with Crippen molar-refractivity contribution >= 4 is 28.3 Å². The molecule has 0 unspecified atom stereocenters. The number of hydrogen-bond acceptors (Lipinski definition) is 5. The van der Waals surface area contributed by atoms with Crippen LogP contribution in [0.3, 0.4) is 0 Å². The van der Waals surface area contributed by atoms with Crippen LogP contribution in [0.15, 0.2) is 29.6 Å². The largest absolute Gasteiger partial charge is 0.383 e. The summed E-state index contributed by atoms with van der Waals surface area (Å²) >= 11 is 1.37. The Hall–Kier alpha value is -2.25. The molecule has 1 N–H and O–H groups in total. The minimum absolute atomic E-state index is 0.0421. The molecule has 29 heavy (non-hydrogen) atoms. The molecular formula is C22H31N3O3S. The minimum Gasteiger partial charge on any atom is -0.383 e. The van der Waals surface area contributed by atoms with Gasteiger partial charge in [-0.15, -0.1) is 11.3 Å². The fraction of sp³-hybridized carbons (Fsp3) is 0.500. The van der Waals surface area contributed by atoms with E-state index in [4.69, 9.17) is 4.74 Å². The number of carbonyl (C=O) groups is 2. The highest BCUT2D eigenvalue weighted by Crippen LogP contribution is 2.15. The van der Waals surface area contributed by atoms with Crippen molar-refractivity contribution in [3.8, 4) is 0 Å². The number of carbonyl (C=O) groups excluding carboxylic acids is 2. The van der Waals surface area contributed by atoms with Gasteiger partial charge in [-0.3, -0.25) is 9.59 Å². The van der Waals surface area contributed by atoms with Gasteiger partial charge in [-0.05, 0) is 37.5 Å². The van der Waals surface area contributed by atoms with Crippen LogP contribution in [0.5, 0.6) is 0 Å². The van der Waals surface area contributed by atoms with Crippen molar-refractivity contribution in [3.63, 3.8) is 0 Å². The number of rotatable bonds is 12. The summed E-state index contributed by atoms with van der Waals surface area (Å²) in [6.45, 7) is 4.74. The van der Waals surface area contributed by atoms with Crippen LogP contribution in [-0.4, -0.2) is 48.5 Å². The monoisotopic (exact) mass is 417 g/mol. The van der Waals surface area contributed by atoms with Crippen molar-refractivity contribution in [1.82, 2.24) is 9.88 Å². The van der Waals surface area contributed by atoms with Gasteiger partial charge in [-0.2, -0.15) is 0 Å². The number of unbranched alkanes of at least 4 members (excludes halogenated alkanes) is 3. The lowest BCUT2D eigenvalue weighted by Crippen LogP contribution is -2.40. The maximum Gasteiger partial charge on any atom is 0.254 e. The van der Waals surface area contributed by atoms with Crippen LogP contribution in [0.4, 0.5) is 5.13 Å². The molecule has 2 amide bonds. The number of amides is 2. The molecular weight excluding hydrogens is 386 g/mol. The average Bonchev–Trinajstić information content (AvgIpc) is 3.12. The first-order chi connectivity index (χ1) is 14.0. The highest BCUT2D eigenvalue weighted by molar-refractivity contribution is 7.13. The quantitative estimate of drug-likeness (QED) is 0.523. The second kappa shape index (κ2) is 12.3. The molecule has 0 aliphatic carbocycles. The van der Waals surface area contributed by atoms with Gasteiger partial charge in [-0.25, -0.2) is 4.98 Å². The van der Waals surface area contributed by atoms with Crippen LogP contribution in [0.25, 0.3) is 0 Å². The van der Waals surface area contributed by atoms with E-state index in [0.717, 1.165) is 18.5 Å². The van der Waals surface area contributed by atoms with E-state index in [1.165, 1.54) is 41.1 Å². The van der Waals surface area contributed by atoms with Crippen LogP contribution >= 0.6 is 11.3 Å². The minimum atomic E-state index is -0.267. The molecule has 0 bridgehead atoms. The Labute approximate surface area is 177 Å². The number of thiazole rings is 1. The summed E-state index contributed by atoms with van der Waals surface area (Å²) in [4.78, 5) is 31.0. The van der Waals surface area contributed by atoms with E-state index in [0.29, 0.717) is 23.8 Å². The number of anilines is 1. The summed E-state index contributed by atoms with van der Waals surface area (Å²) in [6.07, 6.45) is 5.90. The van der Waals surface area contributed by atoms with Crippen LogP contribution in [0.2, 0.25) is 0 Å². The number of aryl methyl sites for hydroxylation is 2. The van der Waals surface area contributed by atoms with Crippen LogP contribution in [-0.2, 0) is 16.0 Å². The number of hydrogen-bond donors (Lipinski definition) is 1. The van der Waals surface area contributed by atoms with Gasteiger partial charge in [0.2, 0.25) is 5.91 Å². The Morgan fingerprint density at radius 1 is 1.17 bits per heavy atom. The van der Waals surface area contributed by atoms with Gasteiger partial charge in [0.25, 0.3) is 5.91 Å². The maximum atomic E-state index is 12.9. The summed E-state index contributed by atoms with van der Waals surface area (Å²) in [5, 5.41) is 5.16. The Bertz CT molecular complexity index is 774. The zero-order valence-electron chi connectivity index (χ0n) is 17.6. The maximum absolute atomic E-state index is 12.9. The summed E-state index contributed by atoms with van der Waals surface area (Å²) in [5.41, 5.74) is 2.67. The lowest BCUT2D eigenvalue weighted by molar-refractivity contribution is -0.117. The lowest BCUT2D eigenvalue weighted by Gasteiger charge is -2.22. The molecule has 0 aliphatic heterocycles. The van der Waals surface area contributed by atoms with Crippen molar-refractivity contribution in [2.24, 2.45) is 0 Å². The van der Waals surface area contributed by atoms with Gasteiger partial charge in [0.05, 0.1) is 12.3 Å². The predicted octanol–water partition coefficient (Wildman–Crippen LogP) is 4.30. The fourth-order valence-electron chi connectivity index (χ4n) is 2.95. The average molecular weight is 418 g/mol. The molecule has 158 valence electrons. The summed E-state index contributed by atoms with van der Waals surface area (Å²) in [7, 11) is 1.58. The molecule has 1 aromatic carbocycles. The van der Waals surface area contributed by atoms with Crippen LogP contribution in [0, 0.1) is 6.92 Å². The van der Waals surface area contributed by atoms with Crippen LogP contribution < -0.4 is 5.32 Å². The molecule has 0 radical (unpaired) electrons. The molecule has 7 heteroatoms. The Morgan fingerprint density at radius 2 is 1.93 bits per heavy atom. The Kier molecular flexibility index (Phi) is 9.80. The first-order valence-electron chi connectivity index (χ1n) is 10.1. The van der Waals surface area contributed by atoms with Gasteiger partial charge in [0, 0.05) is 24.6 Å². The van der Waals surface area contributed by atoms with Crippen LogP contribution in [0.1, 0.15) is 54.2 Å². The predicted molar refractivity (Wildman–Crippen MR) is 118 cm³/mol. The second-order valence-electron chi connectivity index (χ2n) is 7.07. The topological polar surface area (TPSA) is 71.5 Å². The normalized spacial score (nSPS) is 10.7. The number of nitrogens with one attached hydrogen (secondary N) is 1. The molecule has 0 spiro atoms. The smallest absolute Gasteiger partial charge is 0.254 e. The zero-order chi connectivity index (χ0) is 21.1. The molecule has 0 saturated carbocycles. The highest BCUT2D eigenvalue weighted by atomic mass is 32.1. The van der Waals surface area contributed by atoms with E-state index in [-0.39, 0.29) is 18.4 Å². The number of benzene rings is 1. The number of methoxy groups -OCH3 is 1. The number of ether oxygens (including phenoxy) is 1. The standard InChI is InChI=1S/C22H31N3O3S/c1-4-5-6-7-8-18-9-11-19(12-10-18)21(27)25(13-14-28-3)15-20(26)24-22-23-17(2)16-29-22/h9-12,16H,4-8,13-15H2,1-3H3,(H,23,24,26). The van der Waals surface area contributed by atoms with E-state index < -0.39 is 0 Å². The first kappa shape index (κ1) is 23.0. The van der Waals surface area contributed by atoms with Crippen molar-refractivity contribution < 1.29 is 14.3 Å². The van der Waals surface area contributed by atoms with E-state index in [9.17, 15) is 9.59 Å². The summed E-state index contributed by atoms with van der Waals surface area (Å²) < 4.78 is 5.11. The van der Waals surface area contributed by atoms with Crippen molar-refractivity contribution in [2.45, 2.75) is 46.0 Å². The molecule has 1 aromatic heterocycles. The molecule has 0 aliphatic rings. The van der Waals surface area contributed by atoms with Gasteiger partial charge in [-0.1, -0.05) is 38.3 Å². The van der Waals surface area contributed by atoms with Gasteiger partial charge < -0.3 is 15.0 Å². The first-order valence-corrected chi connectivity index (χ1v) is 11.0. The fourth-order valence-corrected chi connectivity index (χ4v) is 3.65. The van der Waals surface area contributed by atoms with Gasteiger partial charge in [0.15, 0.2) is 5.13 Å². The third-order valence-corrected chi connectivity index (χ3v) is 5.45. The lowest BCUT2D eigenvalue weighted by atomic mass is 10.0. The molecule has 6 nitrogen and oxygen atoms in total. The molecule has 2 aromatic rings. The van der Waals surface area contributed by atoms with Gasteiger partial charge >= 0.3 is 0 Å². The SMILES string of the molecule is CCCCCCc1ccc(C(=O)N(CCOC)CC(=O)Nc2nc(C)cs2)cc1. The third-order valence-electron chi connectivity index (χ3n) is 4.57. The third kappa shape index (κ3) is 7.95. The van der Waals surface area contributed by atoms with E-state index in [1.807, 2.05) is 36.6 Å². The van der Waals surface area contributed by atoms with E-state index in [1.54, 1.807) is 7.11 Å². The number of aromatic nitrogens is 1. The molecule has 0 atom stereocenters.